The number of esters is 1. The zero-order valence-corrected chi connectivity index (χ0v) is 26.5. The van der Waals surface area contributed by atoms with E-state index in [9.17, 15) is 29.4 Å². The van der Waals surface area contributed by atoms with Crippen molar-refractivity contribution in [1.82, 2.24) is 0 Å². The molecule has 0 saturated heterocycles. The van der Waals surface area contributed by atoms with Crippen molar-refractivity contribution < 1.29 is 34.1 Å². The zero-order valence-electron chi connectivity index (χ0n) is 26.5. The summed E-state index contributed by atoms with van der Waals surface area (Å²) in [6.07, 6.45) is 2.71. The van der Waals surface area contributed by atoms with Gasteiger partial charge in [0.05, 0.1) is 30.1 Å². The predicted octanol–water partition coefficient (Wildman–Crippen LogP) is 5.39. The molecule has 0 radical (unpaired) electrons. The van der Waals surface area contributed by atoms with Gasteiger partial charge in [-0.25, -0.2) is 0 Å². The number of ether oxygens (including phenoxy) is 1. The Hall–Kier alpha value is -1.86. The Balaban J connectivity index is 1.61. The molecule has 4 aliphatic carbocycles. The summed E-state index contributed by atoms with van der Waals surface area (Å²) < 4.78 is 5.28. The van der Waals surface area contributed by atoms with Gasteiger partial charge in [0.25, 0.3) is 0 Å². The fourth-order valence-electron chi connectivity index (χ4n) is 9.57. The number of carbonyl (C=O) groups is 4. The van der Waals surface area contributed by atoms with Gasteiger partial charge in [0, 0.05) is 31.3 Å². The van der Waals surface area contributed by atoms with Gasteiger partial charge in [-0.05, 0) is 72.2 Å². The molecule has 0 aromatic rings. The highest BCUT2D eigenvalue weighted by Gasteiger charge is 2.70. The fourth-order valence-corrected chi connectivity index (χ4v) is 9.57. The van der Waals surface area contributed by atoms with Crippen molar-refractivity contribution >= 4 is 23.3 Å². The van der Waals surface area contributed by atoms with Crippen molar-refractivity contribution in [2.24, 2.45) is 45.3 Å². The van der Waals surface area contributed by atoms with Gasteiger partial charge < -0.3 is 14.9 Å². The first kappa shape index (κ1) is 32.1. The lowest BCUT2D eigenvalue weighted by Gasteiger charge is -2.61. The molecule has 7 heteroatoms. The number of aliphatic hydroxyl groups excluding tert-OH is 2. The van der Waals surface area contributed by atoms with Crippen molar-refractivity contribution in [3.05, 3.63) is 11.1 Å². The molecule has 2 fully saturated rings. The third-order valence-corrected chi connectivity index (χ3v) is 12.3. The van der Waals surface area contributed by atoms with Crippen LogP contribution in [0.15, 0.2) is 11.1 Å². The number of carbonyl (C=O) groups excluding carboxylic acids is 4. The molecule has 1 unspecified atom stereocenters. The second kappa shape index (κ2) is 11.0. The van der Waals surface area contributed by atoms with Gasteiger partial charge in [-0.15, -0.1) is 0 Å². The molecule has 4 aliphatic rings. The van der Waals surface area contributed by atoms with Gasteiger partial charge in [0.15, 0.2) is 5.78 Å². The molecule has 0 heterocycles. The van der Waals surface area contributed by atoms with E-state index in [1.165, 1.54) is 0 Å². The molecule has 0 aromatic carbocycles. The summed E-state index contributed by atoms with van der Waals surface area (Å²) in [5.41, 5.74) is -1.46. The second-order valence-electron chi connectivity index (χ2n) is 15.1. The van der Waals surface area contributed by atoms with E-state index in [-0.39, 0.29) is 66.8 Å². The molecule has 2 saturated carbocycles. The first-order valence-electron chi connectivity index (χ1n) is 15.8. The van der Waals surface area contributed by atoms with E-state index in [2.05, 4.69) is 6.92 Å². The smallest absolute Gasteiger partial charge is 0.309 e. The Bertz CT molecular complexity index is 1140. The maximum Gasteiger partial charge on any atom is 0.309 e. The highest BCUT2D eigenvalue weighted by molar-refractivity contribution is 6.05. The summed E-state index contributed by atoms with van der Waals surface area (Å²) >= 11 is 0. The van der Waals surface area contributed by atoms with E-state index in [0.29, 0.717) is 37.0 Å². The maximum absolute atomic E-state index is 14.2. The van der Waals surface area contributed by atoms with Crippen molar-refractivity contribution in [3.8, 4) is 0 Å². The summed E-state index contributed by atoms with van der Waals surface area (Å²) in [4.78, 5) is 53.6. The minimum atomic E-state index is -0.998. The molecule has 0 bridgehead atoms. The van der Waals surface area contributed by atoms with Crippen LogP contribution in [0.5, 0.6) is 0 Å². The van der Waals surface area contributed by atoms with Crippen LogP contribution >= 0.6 is 0 Å². The van der Waals surface area contributed by atoms with Crippen LogP contribution in [0.3, 0.4) is 0 Å². The Kier molecular flexibility index (Phi) is 8.61. The number of ketones is 3. The fraction of sp³-hybridized carbons (Fsp3) is 0.824. The van der Waals surface area contributed by atoms with E-state index >= 15 is 0 Å². The normalized spacial score (nSPS) is 39.5. The Morgan fingerprint density at radius 3 is 2.34 bits per heavy atom. The third kappa shape index (κ3) is 4.87. The molecule has 9 atom stereocenters. The standard InChI is InChI=1S/C34H52O7/c1-9-10-13-41-30(40)20(3)15-21(35)14-19(2)22-16-27(39)34(8)29-23(36)17-25-31(4,5)26(38)11-12-32(25,6)28(29)24(37)18-33(22,34)7/h19-20,22-23,25-26,36,38H,9-18H2,1-8H3/t19-,20?,22-,23+,25+,26+,32+,33-,34+/m1/s1. The molecular weight excluding hydrogens is 520 g/mol. The topological polar surface area (TPSA) is 118 Å². The van der Waals surface area contributed by atoms with E-state index in [1.807, 2.05) is 41.5 Å². The zero-order chi connectivity index (χ0) is 30.7. The number of aliphatic hydroxyl groups is 2. The molecule has 0 aliphatic heterocycles. The molecule has 4 rings (SSSR count). The largest absolute Gasteiger partial charge is 0.465 e. The number of Topliss-reactive ketones (excluding diaryl/α,β-unsaturated/α-hetero) is 3. The van der Waals surface area contributed by atoms with Gasteiger partial charge >= 0.3 is 5.97 Å². The van der Waals surface area contributed by atoms with Gasteiger partial charge in [0.1, 0.15) is 11.6 Å². The quantitative estimate of drug-likeness (QED) is 0.281. The van der Waals surface area contributed by atoms with Crippen LogP contribution in [0.1, 0.15) is 113 Å². The predicted molar refractivity (Wildman–Crippen MR) is 156 cm³/mol. The third-order valence-electron chi connectivity index (χ3n) is 12.3. The average Bonchev–Trinajstić information content (AvgIpc) is 3.08. The Morgan fingerprint density at radius 2 is 1.71 bits per heavy atom. The molecule has 7 nitrogen and oxygen atoms in total. The van der Waals surface area contributed by atoms with E-state index < -0.39 is 39.8 Å². The molecule has 230 valence electrons. The van der Waals surface area contributed by atoms with Crippen LogP contribution in [0.25, 0.3) is 0 Å². The molecular formula is C34H52O7. The SMILES string of the molecule is CCCCOC(=O)C(C)CC(=O)C[C@@H](C)[C@H]1CC(=O)[C@@]2(C)C3=C(C(=O)C[C@]12C)[C@@]1(C)CC[C@H](O)C(C)(C)[C@@H]1C[C@@H]3O. The van der Waals surface area contributed by atoms with Crippen LogP contribution in [-0.2, 0) is 23.9 Å². The van der Waals surface area contributed by atoms with Crippen LogP contribution in [0.2, 0.25) is 0 Å². The Morgan fingerprint density at radius 1 is 1.05 bits per heavy atom. The average molecular weight is 573 g/mol. The minimum Gasteiger partial charge on any atom is -0.465 e. The van der Waals surface area contributed by atoms with Crippen LogP contribution < -0.4 is 0 Å². The number of unbranched alkanes of at least 4 members (excludes halogenated alkanes) is 1. The molecule has 41 heavy (non-hydrogen) atoms. The van der Waals surface area contributed by atoms with Crippen molar-refractivity contribution in [2.75, 3.05) is 6.61 Å². The van der Waals surface area contributed by atoms with Crippen LogP contribution in [0.4, 0.5) is 0 Å². The van der Waals surface area contributed by atoms with Gasteiger partial charge in [-0.1, -0.05) is 54.9 Å². The van der Waals surface area contributed by atoms with E-state index in [4.69, 9.17) is 4.74 Å². The van der Waals surface area contributed by atoms with Gasteiger partial charge in [0.2, 0.25) is 0 Å². The summed E-state index contributed by atoms with van der Waals surface area (Å²) in [5.74, 6) is -1.33. The second-order valence-corrected chi connectivity index (χ2v) is 15.1. The van der Waals surface area contributed by atoms with E-state index in [0.717, 1.165) is 12.8 Å². The first-order chi connectivity index (χ1) is 19.0. The first-order valence-corrected chi connectivity index (χ1v) is 15.8. The Labute approximate surface area is 245 Å². The lowest BCUT2D eigenvalue weighted by molar-refractivity contribution is -0.149. The summed E-state index contributed by atoms with van der Waals surface area (Å²) in [7, 11) is 0. The highest BCUT2D eigenvalue weighted by Crippen LogP contribution is 2.70. The van der Waals surface area contributed by atoms with Crippen molar-refractivity contribution in [1.29, 1.82) is 0 Å². The molecule has 2 N–H and O–H groups in total. The summed E-state index contributed by atoms with van der Waals surface area (Å²) in [6, 6.07) is 0. The van der Waals surface area contributed by atoms with Gasteiger partial charge in [-0.2, -0.15) is 0 Å². The number of fused-ring (bicyclic) bond motifs is 4. The van der Waals surface area contributed by atoms with Crippen molar-refractivity contribution in [3.63, 3.8) is 0 Å². The minimum absolute atomic E-state index is 0.0000817. The lowest BCUT2D eigenvalue weighted by atomic mass is 9.42. The molecule has 0 spiro atoms. The lowest BCUT2D eigenvalue weighted by Crippen LogP contribution is -2.60. The monoisotopic (exact) mass is 572 g/mol. The molecule has 0 amide bonds. The number of hydrogen-bond donors (Lipinski definition) is 2. The van der Waals surface area contributed by atoms with Crippen LogP contribution in [0, 0.1) is 45.3 Å². The van der Waals surface area contributed by atoms with E-state index in [1.54, 1.807) is 6.92 Å². The van der Waals surface area contributed by atoms with Crippen LogP contribution in [-0.4, -0.2) is 52.3 Å². The highest BCUT2D eigenvalue weighted by atomic mass is 16.5. The van der Waals surface area contributed by atoms with Crippen molar-refractivity contribution in [2.45, 2.75) is 125 Å². The summed E-state index contributed by atoms with van der Waals surface area (Å²) in [6.45, 7) is 16.2. The molecule has 0 aromatic heterocycles. The number of allylic oxidation sites excluding steroid dienone is 1. The number of hydrogen-bond acceptors (Lipinski definition) is 7. The number of rotatable bonds is 9. The van der Waals surface area contributed by atoms with Gasteiger partial charge in [-0.3, -0.25) is 19.2 Å². The summed E-state index contributed by atoms with van der Waals surface area (Å²) in [5, 5.41) is 22.5. The maximum atomic E-state index is 14.2.